The van der Waals surface area contributed by atoms with E-state index in [-0.39, 0.29) is 5.69 Å². The summed E-state index contributed by atoms with van der Waals surface area (Å²) in [5, 5.41) is 11.4. The monoisotopic (exact) mass is 471 g/mol. The van der Waals surface area contributed by atoms with E-state index in [1.165, 1.54) is 11.7 Å². The number of rotatable bonds is 5. The van der Waals surface area contributed by atoms with Gasteiger partial charge in [-0.1, -0.05) is 36.4 Å². The van der Waals surface area contributed by atoms with Crippen LogP contribution in [0.1, 0.15) is 16.1 Å². The molecule has 162 valence electrons. The molecular formula is C25H17N3O3S2. The maximum Gasteiger partial charge on any atom is 0.353 e. The summed E-state index contributed by atoms with van der Waals surface area (Å²) in [6, 6.07) is 21.6. The molecule has 0 saturated heterocycles. The summed E-state index contributed by atoms with van der Waals surface area (Å²) < 4.78 is 17.9. The summed E-state index contributed by atoms with van der Waals surface area (Å²) >= 11 is 2.80. The van der Waals surface area contributed by atoms with E-state index in [2.05, 4.69) is 20.9 Å². The maximum atomic E-state index is 12.6. The lowest BCUT2D eigenvalue weighted by Gasteiger charge is -2.11. The fourth-order valence-corrected chi connectivity index (χ4v) is 6.13. The number of nitrogens with zero attached hydrogens (tertiary/aromatic N) is 3. The van der Waals surface area contributed by atoms with Crippen LogP contribution in [0, 0.1) is 0 Å². The standard InChI is InChI=1S/C25H17N3O3S2/c1-31-16-9-7-15(8-10-16)21-23(25(29)30)28(13-14-6-11-18-19(12-14)27-33-26-18)22-17-4-2-3-5-20(17)32-24(21)22/h2-12H,13H2,1H3,(H,29,30). The van der Waals surface area contributed by atoms with Gasteiger partial charge in [0.2, 0.25) is 0 Å². The Hall–Kier alpha value is -3.75. The quantitative estimate of drug-likeness (QED) is 0.320. The molecule has 3 aromatic carbocycles. The molecule has 0 fully saturated rings. The summed E-state index contributed by atoms with van der Waals surface area (Å²) in [4.78, 5) is 12.6. The van der Waals surface area contributed by atoms with Gasteiger partial charge in [-0.2, -0.15) is 8.75 Å². The average molecular weight is 472 g/mol. The van der Waals surface area contributed by atoms with Crippen LogP contribution in [0.3, 0.4) is 0 Å². The first kappa shape index (κ1) is 19.9. The van der Waals surface area contributed by atoms with Gasteiger partial charge in [0.25, 0.3) is 0 Å². The molecule has 0 saturated carbocycles. The zero-order valence-corrected chi connectivity index (χ0v) is 19.1. The number of benzene rings is 3. The van der Waals surface area contributed by atoms with Crippen LogP contribution in [0.4, 0.5) is 0 Å². The Morgan fingerprint density at radius 2 is 1.82 bits per heavy atom. The van der Waals surface area contributed by atoms with Gasteiger partial charge in [0.05, 0.1) is 29.1 Å². The first-order valence-corrected chi connectivity index (χ1v) is 11.8. The number of hydrogen-bond acceptors (Lipinski definition) is 6. The van der Waals surface area contributed by atoms with Crippen LogP contribution in [-0.2, 0) is 6.54 Å². The number of carboxylic acid groups (broad SMARTS) is 1. The normalized spacial score (nSPS) is 11.5. The van der Waals surface area contributed by atoms with E-state index in [4.69, 9.17) is 4.74 Å². The molecular weight excluding hydrogens is 454 g/mol. The van der Waals surface area contributed by atoms with E-state index in [0.717, 1.165) is 53.8 Å². The Kier molecular flexibility index (Phi) is 4.63. The fourth-order valence-electron chi connectivity index (χ4n) is 4.34. The van der Waals surface area contributed by atoms with Crippen molar-refractivity contribution in [2.75, 3.05) is 7.11 Å². The van der Waals surface area contributed by atoms with Crippen LogP contribution in [0.2, 0.25) is 0 Å². The third-order valence-corrected chi connectivity index (χ3v) is 7.55. The third-order valence-electron chi connectivity index (χ3n) is 5.81. The van der Waals surface area contributed by atoms with Gasteiger partial charge in [-0.05, 0) is 41.5 Å². The molecule has 6 rings (SSSR count). The van der Waals surface area contributed by atoms with Gasteiger partial charge in [-0.3, -0.25) is 0 Å². The van der Waals surface area contributed by atoms with Gasteiger partial charge in [0.1, 0.15) is 22.5 Å². The number of ether oxygens (including phenoxy) is 1. The molecule has 0 aliphatic heterocycles. The summed E-state index contributed by atoms with van der Waals surface area (Å²) in [7, 11) is 1.62. The zero-order chi connectivity index (χ0) is 22.5. The summed E-state index contributed by atoms with van der Waals surface area (Å²) in [5.74, 6) is -0.225. The summed E-state index contributed by atoms with van der Waals surface area (Å²) in [6.07, 6.45) is 0. The van der Waals surface area contributed by atoms with Crippen molar-refractivity contribution in [3.05, 3.63) is 78.0 Å². The minimum absolute atomic E-state index is 0.281. The van der Waals surface area contributed by atoms with Crippen molar-refractivity contribution in [1.29, 1.82) is 0 Å². The Morgan fingerprint density at radius 1 is 1.03 bits per heavy atom. The Labute approximate surface area is 196 Å². The van der Waals surface area contributed by atoms with Crippen molar-refractivity contribution in [2.45, 2.75) is 6.54 Å². The van der Waals surface area contributed by atoms with Gasteiger partial charge in [-0.15, -0.1) is 11.3 Å². The van der Waals surface area contributed by atoms with Crippen LogP contribution in [0.25, 0.3) is 42.5 Å². The molecule has 6 aromatic rings. The second kappa shape index (κ2) is 7.68. The Balaban J connectivity index is 1.65. The predicted molar refractivity (Wildman–Crippen MR) is 133 cm³/mol. The lowest BCUT2D eigenvalue weighted by molar-refractivity contribution is 0.0687. The number of aromatic carboxylic acids is 1. The first-order valence-electron chi connectivity index (χ1n) is 10.3. The maximum absolute atomic E-state index is 12.6. The second-order valence-electron chi connectivity index (χ2n) is 7.71. The van der Waals surface area contributed by atoms with Crippen molar-refractivity contribution < 1.29 is 14.6 Å². The third kappa shape index (κ3) is 3.18. The number of carbonyl (C=O) groups is 1. The lowest BCUT2D eigenvalue weighted by atomic mass is 10.1. The number of fused-ring (bicyclic) bond motifs is 4. The van der Waals surface area contributed by atoms with E-state index in [9.17, 15) is 9.90 Å². The lowest BCUT2D eigenvalue weighted by Crippen LogP contribution is -2.10. The van der Waals surface area contributed by atoms with Crippen LogP contribution in [0.5, 0.6) is 5.75 Å². The molecule has 0 bridgehead atoms. The van der Waals surface area contributed by atoms with Crippen LogP contribution in [-0.4, -0.2) is 31.5 Å². The average Bonchev–Trinajstić information content (AvgIpc) is 3.52. The number of carboxylic acids is 1. The molecule has 0 spiro atoms. The van der Waals surface area contributed by atoms with Gasteiger partial charge < -0.3 is 14.4 Å². The number of hydrogen-bond donors (Lipinski definition) is 1. The highest BCUT2D eigenvalue weighted by Crippen LogP contribution is 2.44. The van der Waals surface area contributed by atoms with E-state index in [0.29, 0.717) is 6.54 Å². The van der Waals surface area contributed by atoms with E-state index >= 15 is 0 Å². The highest BCUT2D eigenvalue weighted by atomic mass is 32.1. The SMILES string of the molecule is COc1ccc(-c2c(C(=O)O)n(Cc3ccc4nsnc4c3)c3c2sc2ccccc23)cc1. The molecule has 3 heterocycles. The molecule has 3 aromatic heterocycles. The molecule has 0 radical (unpaired) electrons. The van der Waals surface area contributed by atoms with E-state index in [1.54, 1.807) is 18.4 Å². The van der Waals surface area contributed by atoms with E-state index in [1.807, 2.05) is 59.2 Å². The molecule has 6 nitrogen and oxygen atoms in total. The molecule has 0 atom stereocenters. The molecule has 0 aliphatic rings. The van der Waals surface area contributed by atoms with Gasteiger partial charge in [-0.25, -0.2) is 4.79 Å². The van der Waals surface area contributed by atoms with Crippen LogP contribution in [0.15, 0.2) is 66.7 Å². The smallest absolute Gasteiger partial charge is 0.353 e. The second-order valence-corrected chi connectivity index (χ2v) is 9.29. The Bertz CT molecular complexity index is 1660. The molecule has 0 aliphatic carbocycles. The first-order chi connectivity index (χ1) is 16.1. The largest absolute Gasteiger partial charge is 0.497 e. The molecule has 8 heteroatoms. The van der Waals surface area contributed by atoms with Gasteiger partial charge in [0, 0.05) is 22.2 Å². The van der Waals surface area contributed by atoms with Crippen molar-refractivity contribution in [3.8, 4) is 16.9 Å². The highest BCUT2D eigenvalue weighted by Gasteiger charge is 2.27. The molecule has 0 unspecified atom stereocenters. The van der Waals surface area contributed by atoms with Crippen molar-refractivity contribution in [3.63, 3.8) is 0 Å². The highest BCUT2D eigenvalue weighted by molar-refractivity contribution is 7.26. The van der Waals surface area contributed by atoms with Crippen LogP contribution < -0.4 is 4.74 Å². The molecule has 1 N–H and O–H groups in total. The van der Waals surface area contributed by atoms with Crippen molar-refractivity contribution in [1.82, 2.24) is 13.3 Å². The number of methoxy groups -OCH3 is 1. The van der Waals surface area contributed by atoms with E-state index < -0.39 is 5.97 Å². The fraction of sp³-hybridized carbons (Fsp3) is 0.0800. The minimum atomic E-state index is -0.954. The topological polar surface area (TPSA) is 77.2 Å². The number of aromatic nitrogens is 3. The van der Waals surface area contributed by atoms with Crippen molar-refractivity contribution in [2.24, 2.45) is 0 Å². The molecule has 33 heavy (non-hydrogen) atoms. The summed E-state index contributed by atoms with van der Waals surface area (Å²) in [5.41, 5.74) is 5.45. The van der Waals surface area contributed by atoms with Crippen molar-refractivity contribution >= 4 is 60.4 Å². The van der Waals surface area contributed by atoms with Crippen LogP contribution >= 0.6 is 23.1 Å². The summed E-state index contributed by atoms with van der Waals surface area (Å²) in [6.45, 7) is 0.419. The van der Waals surface area contributed by atoms with Gasteiger partial charge >= 0.3 is 5.97 Å². The Morgan fingerprint density at radius 3 is 2.61 bits per heavy atom. The van der Waals surface area contributed by atoms with Gasteiger partial charge in [0.15, 0.2) is 0 Å². The minimum Gasteiger partial charge on any atom is -0.497 e. The predicted octanol–water partition coefficient (Wildman–Crippen LogP) is 6.28. The number of thiophene rings is 1. The zero-order valence-electron chi connectivity index (χ0n) is 17.5. The molecule has 0 amide bonds.